The van der Waals surface area contributed by atoms with Crippen LogP contribution in [0, 0.1) is 6.92 Å². The van der Waals surface area contributed by atoms with E-state index < -0.39 is 0 Å². The summed E-state index contributed by atoms with van der Waals surface area (Å²) in [6.45, 7) is 1.89. The van der Waals surface area contributed by atoms with Gasteiger partial charge in [0.05, 0.1) is 0 Å². The zero-order chi connectivity index (χ0) is 12.4. The van der Waals surface area contributed by atoms with E-state index in [2.05, 4.69) is 31.3 Å². The van der Waals surface area contributed by atoms with Gasteiger partial charge >= 0.3 is 0 Å². The summed E-state index contributed by atoms with van der Waals surface area (Å²) in [6, 6.07) is 3.55. The lowest BCUT2D eigenvalue weighted by Crippen LogP contribution is -2.17. The number of hydrogen-bond acceptors (Lipinski definition) is 3. The molecule has 2 aromatic rings. The van der Waals surface area contributed by atoms with Crippen LogP contribution >= 0.6 is 15.9 Å². The Kier molecular flexibility index (Phi) is 3.23. The summed E-state index contributed by atoms with van der Waals surface area (Å²) in [4.78, 5) is 16.1. The second kappa shape index (κ2) is 4.67. The summed E-state index contributed by atoms with van der Waals surface area (Å²) in [5, 5.41) is 6.69. The van der Waals surface area contributed by atoms with Crippen molar-refractivity contribution in [3.63, 3.8) is 0 Å². The van der Waals surface area contributed by atoms with Crippen LogP contribution in [0.5, 0.6) is 0 Å². The minimum atomic E-state index is -0.220. The van der Waals surface area contributed by atoms with Crippen LogP contribution in [-0.4, -0.2) is 20.7 Å². The number of nitrogens with zero attached hydrogens (tertiary/aromatic N) is 3. The molecule has 0 radical (unpaired) electrons. The fourth-order valence-electron chi connectivity index (χ4n) is 1.44. The van der Waals surface area contributed by atoms with Gasteiger partial charge in [-0.25, -0.2) is 4.98 Å². The molecule has 88 valence electrons. The number of carbonyl (C=O) groups is 1. The maximum absolute atomic E-state index is 11.9. The van der Waals surface area contributed by atoms with Gasteiger partial charge in [-0.05, 0) is 40.5 Å². The Balaban J connectivity index is 2.22. The maximum Gasteiger partial charge on any atom is 0.275 e. The number of aromatic nitrogens is 3. The molecule has 0 aliphatic heterocycles. The van der Waals surface area contributed by atoms with Crippen molar-refractivity contribution in [2.24, 2.45) is 7.05 Å². The lowest BCUT2D eigenvalue weighted by atomic mass is 10.3. The van der Waals surface area contributed by atoms with E-state index in [0.717, 1.165) is 10.0 Å². The molecule has 17 heavy (non-hydrogen) atoms. The SMILES string of the molecule is Cc1cc(Br)cnc1NC(=O)c1ccnn1C. The number of carbonyl (C=O) groups excluding carboxylic acids is 1. The summed E-state index contributed by atoms with van der Waals surface area (Å²) in [6.07, 6.45) is 3.22. The minimum absolute atomic E-state index is 0.220. The van der Waals surface area contributed by atoms with Crippen molar-refractivity contribution in [1.29, 1.82) is 0 Å². The van der Waals surface area contributed by atoms with Crippen LogP contribution in [0.4, 0.5) is 5.82 Å². The molecule has 0 saturated heterocycles. The molecule has 0 fully saturated rings. The molecule has 0 aliphatic carbocycles. The molecule has 1 amide bonds. The Morgan fingerprint density at radius 1 is 1.53 bits per heavy atom. The molecule has 2 rings (SSSR count). The van der Waals surface area contributed by atoms with Crippen molar-refractivity contribution in [3.05, 3.63) is 40.3 Å². The number of anilines is 1. The normalized spacial score (nSPS) is 10.3. The fraction of sp³-hybridized carbons (Fsp3) is 0.182. The van der Waals surface area contributed by atoms with Crippen molar-refractivity contribution >= 4 is 27.7 Å². The molecular formula is C11H11BrN4O. The number of halogens is 1. The van der Waals surface area contributed by atoms with Crippen LogP contribution in [-0.2, 0) is 7.05 Å². The highest BCUT2D eigenvalue weighted by Gasteiger charge is 2.11. The zero-order valence-corrected chi connectivity index (χ0v) is 11.0. The molecule has 1 N–H and O–H groups in total. The zero-order valence-electron chi connectivity index (χ0n) is 9.44. The molecule has 0 aliphatic rings. The van der Waals surface area contributed by atoms with Crippen LogP contribution in [0.3, 0.4) is 0 Å². The number of rotatable bonds is 2. The van der Waals surface area contributed by atoms with E-state index in [0.29, 0.717) is 11.5 Å². The van der Waals surface area contributed by atoms with Crippen molar-refractivity contribution in [3.8, 4) is 0 Å². The second-order valence-corrected chi connectivity index (χ2v) is 4.53. The molecule has 0 unspecified atom stereocenters. The molecule has 5 nitrogen and oxygen atoms in total. The monoisotopic (exact) mass is 294 g/mol. The van der Waals surface area contributed by atoms with Crippen molar-refractivity contribution in [1.82, 2.24) is 14.8 Å². The van der Waals surface area contributed by atoms with E-state index in [9.17, 15) is 4.79 Å². The Labute approximate surface area is 107 Å². The number of amides is 1. The first kappa shape index (κ1) is 11.8. The maximum atomic E-state index is 11.9. The van der Waals surface area contributed by atoms with Gasteiger partial charge in [0.25, 0.3) is 5.91 Å². The van der Waals surface area contributed by atoms with Gasteiger partial charge in [0.2, 0.25) is 0 Å². The molecule has 0 aromatic carbocycles. The van der Waals surface area contributed by atoms with Gasteiger partial charge in [-0.1, -0.05) is 0 Å². The standard InChI is InChI=1S/C11H11BrN4O/c1-7-5-8(12)6-13-10(7)15-11(17)9-3-4-14-16(9)2/h3-6H,1-2H3,(H,13,15,17). The largest absolute Gasteiger partial charge is 0.305 e. The van der Waals surface area contributed by atoms with E-state index in [-0.39, 0.29) is 5.91 Å². The van der Waals surface area contributed by atoms with E-state index in [1.54, 1.807) is 25.5 Å². The smallest absolute Gasteiger partial charge is 0.275 e. The number of nitrogens with one attached hydrogen (secondary N) is 1. The van der Waals surface area contributed by atoms with Gasteiger partial charge in [-0.15, -0.1) is 0 Å². The van der Waals surface area contributed by atoms with Crippen LogP contribution in [0.25, 0.3) is 0 Å². The lowest BCUT2D eigenvalue weighted by molar-refractivity contribution is 0.101. The topological polar surface area (TPSA) is 59.8 Å². The van der Waals surface area contributed by atoms with Crippen LogP contribution in [0.15, 0.2) is 29.0 Å². The molecule has 2 aromatic heterocycles. The summed E-state index contributed by atoms with van der Waals surface area (Å²) < 4.78 is 2.40. The quantitative estimate of drug-likeness (QED) is 0.923. The van der Waals surface area contributed by atoms with Crippen LogP contribution in [0.1, 0.15) is 16.1 Å². The molecule has 0 bridgehead atoms. The predicted octanol–water partition coefficient (Wildman–Crippen LogP) is 2.14. The highest BCUT2D eigenvalue weighted by Crippen LogP contribution is 2.17. The summed E-state index contributed by atoms with van der Waals surface area (Å²) in [7, 11) is 1.72. The number of hydrogen-bond donors (Lipinski definition) is 1. The first-order valence-corrected chi connectivity index (χ1v) is 5.78. The molecule has 0 atom stereocenters. The Morgan fingerprint density at radius 3 is 2.88 bits per heavy atom. The summed E-state index contributed by atoms with van der Waals surface area (Å²) >= 11 is 3.32. The molecule has 6 heteroatoms. The summed E-state index contributed by atoms with van der Waals surface area (Å²) in [5.74, 6) is 0.335. The van der Waals surface area contributed by atoms with Crippen molar-refractivity contribution in [2.45, 2.75) is 6.92 Å². The average molecular weight is 295 g/mol. The molecule has 2 heterocycles. The van der Waals surface area contributed by atoms with Crippen LogP contribution < -0.4 is 5.32 Å². The Bertz CT molecular complexity index is 564. The van der Waals surface area contributed by atoms with Crippen molar-refractivity contribution in [2.75, 3.05) is 5.32 Å². The third kappa shape index (κ3) is 2.52. The molecular weight excluding hydrogens is 284 g/mol. The second-order valence-electron chi connectivity index (χ2n) is 3.61. The van der Waals surface area contributed by atoms with E-state index >= 15 is 0 Å². The third-order valence-electron chi connectivity index (χ3n) is 2.33. The average Bonchev–Trinajstić information content (AvgIpc) is 2.68. The van der Waals surface area contributed by atoms with Crippen LogP contribution in [0.2, 0.25) is 0 Å². The van der Waals surface area contributed by atoms with Gasteiger partial charge in [0, 0.05) is 23.9 Å². The molecule has 0 saturated carbocycles. The highest BCUT2D eigenvalue weighted by molar-refractivity contribution is 9.10. The first-order chi connectivity index (χ1) is 8.08. The minimum Gasteiger partial charge on any atom is -0.305 e. The highest BCUT2D eigenvalue weighted by atomic mass is 79.9. The predicted molar refractivity (Wildman–Crippen MR) is 67.8 cm³/mol. The Hall–Kier alpha value is -1.69. The number of pyridine rings is 1. The van der Waals surface area contributed by atoms with E-state index in [1.807, 2.05) is 13.0 Å². The van der Waals surface area contributed by atoms with Gasteiger partial charge in [-0.2, -0.15) is 5.10 Å². The van der Waals surface area contributed by atoms with E-state index in [4.69, 9.17) is 0 Å². The Morgan fingerprint density at radius 2 is 2.29 bits per heavy atom. The summed E-state index contributed by atoms with van der Waals surface area (Å²) in [5.41, 5.74) is 1.39. The van der Waals surface area contributed by atoms with Gasteiger partial charge < -0.3 is 5.32 Å². The van der Waals surface area contributed by atoms with Crippen molar-refractivity contribution < 1.29 is 4.79 Å². The molecule has 0 spiro atoms. The van der Waals surface area contributed by atoms with Gasteiger partial charge in [-0.3, -0.25) is 9.48 Å². The van der Waals surface area contributed by atoms with Gasteiger partial charge in [0.1, 0.15) is 11.5 Å². The lowest BCUT2D eigenvalue weighted by Gasteiger charge is -2.07. The first-order valence-electron chi connectivity index (χ1n) is 4.99. The fourth-order valence-corrected chi connectivity index (χ4v) is 1.89. The number of aryl methyl sites for hydroxylation is 2. The third-order valence-corrected chi connectivity index (χ3v) is 2.76. The van der Waals surface area contributed by atoms with Gasteiger partial charge in [0.15, 0.2) is 0 Å². The van der Waals surface area contributed by atoms with E-state index in [1.165, 1.54) is 4.68 Å².